The van der Waals surface area contributed by atoms with Crippen LogP contribution in [0.4, 0.5) is 5.69 Å². The van der Waals surface area contributed by atoms with Crippen LogP contribution in [0.2, 0.25) is 0 Å². The van der Waals surface area contributed by atoms with Crippen LogP contribution >= 0.6 is 11.8 Å². The van der Waals surface area contributed by atoms with Crippen molar-refractivity contribution < 1.29 is 34.4 Å². The Balaban J connectivity index is 1.73. The molecule has 154 valence electrons. The summed E-state index contributed by atoms with van der Waals surface area (Å²) in [6.45, 7) is 0.0590. The lowest BCUT2D eigenvalue weighted by molar-refractivity contribution is -0.137. The number of phenols is 1. The number of hydrogen-bond acceptors (Lipinski definition) is 7. The highest BCUT2D eigenvalue weighted by Crippen LogP contribution is 2.30. The molecule has 0 unspecified atom stereocenters. The third-order valence-corrected chi connectivity index (χ3v) is 4.76. The Kier molecular flexibility index (Phi) is 6.38. The molecular weight excluding hydrogens is 412 g/mol. The number of nitrogens with one attached hydrogen (secondary N) is 1. The Morgan fingerprint density at radius 1 is 1.13 bits per heavy atom. The quantitative estimate of drug-likeness (QED) is 0.493. The fourth-order valence-corrected chi connectivity index (χ4v) is 3.29. The number of aromatic carboxylic acids is 1. The molecule has 1 heterocycles. The van der Waals surface area contributed by atoms with Crippen molar-refractivity contribution in [2.75, 3.05) is 6.61 Å². The van der Waals surface area contributed by atoms with E-state index in [9.17, 15) is 24.6 Å². The first-order valence-corrected chi connectivity index (χ1v) is 9.44. The Morgan fingerprint density at radius 3 is 2.53 bits per heavy atom. The topological polar surface area (TPSA) is 146 Å². The van der Waals surface area contributed by atoms with Gasteiger partial charge in [0.1, 0.15) is 11.5 Å². The van der Waals surface area contributed by atoms with Gasteiger partial charge in [0.15, 0.2) is 5.17 Å². The number of nitrogens with zero attached hydrogens (tertiary/aromatic N) is 1. The van der Waals surface area contributed by atoms with Crippen molar-refractivity contribution >= 4 is 46.5 Å². The second-order valence-corrected chi connectivity index (χ2v) is 7.08. The number of aliphatic carboxylic acids is 1. The minimum atomic E-state index is -1.25. The number of carboxylic acid groups (broad SMARTS) is 2. The van der Waals surface area contributed by atoms with E-state index >= 15 is 0 Å². The molecule has 3 rings (SSSR count). The molecule has 9 nitrogen and oxygen atoms in total. The predicted molar refractivity (Wildman–Crippen MR) is 110 cm³/mol. The molecule has 0 radical (unpaired) electrons. The van der Waals surface area contributed by atoms with E-state index in [1.165, 1.54) is 12.1 Å². The highest BCUT2D eigenvalue weighted by Gasteiger charge is 2.24. The highest BCUT2D eigenvalue weighted by molar-refractivity contribution is 8.18. The maximum atomic E-state index is 12.2. The number of benzene rings is 2. The molecule has 4 N–H and O–H groups in total. The number of carboxylic acids is 2. The fraction of sp³-hybridized carbons (Fsp3) is 0.100. The zero-order valence-corrected chi connectivity index (χ0v) is 16.2. The molecule has 10 heteroatoms. The number of amides is 1. The molecule has 1 amide bonds. The lowest BCUT2D eigenvalue weighted by atomic mass is 10.2. The van der Waals surface area contributed by atoms with Gasteiger partial charge in [-0.05, 0) is 53.7 Å². The Morgan fingerprint density at radius 2 is 1.87 bits per heavy atom. The van der Waals surface area contributed by atoms with Crippen LogP contribution < -0.4 is 10.1 Å². The second-order valence-electron chi connectivity index (χ2n) is 6.05. The summed E-state index contributed by atoms with van der Waals surface area (Å²) in [6.07, 6.45) is 1.54. The number of aliphatic imine (C=N–C) groups is 1. The van der Waals surface area contributed by atoms with Gasteiger partial charge in [-0.2, -0.15) is 0 Å². The van der Waals surface area contributed by atoms with Gasteiger partial charge in [0, 0.05) is 0 Å². The van der Waals surface area contributed by atoms with Crippen molar-refractivity contribution in [3.8, 4) is 11.5 Å². The number of carbonyl (C=O) groups is 3. The molecule has 0 aliphatic carbocycles. The number of aromatic hydroxyl groups is 1. The van der Waals surface area contributed by atoms with Crippen molar-refractivity contribution in [3.63, 3.8) is 0 Å². The Hall–Kier alpha value is -3.79. The summed E-state index contributed by atoms with van der Waals surface area (Å²) in [6, 6.07) is 10.5. The zero-order chi connectivity index (χ0) is 21.7. The summed E-state index contributed by atoms with van der Waals surface area (Å²) in [5.41, 5.74) is 0.635. The van der Waals surface area contributed by atoms with Gasteiger partial charge in [0.25, 0.3) is 5.91 Å². The minimum absolute atomic E-state index is 0.0590. The average Bonchev–Trinajstić information content (AvgIpc) is 3.03. The van der Waals surface area contributed by atoms with Crippen LogP contribution in [0, 0.1) is 0 Å². The van der Waals surface area contributed by atoms with Crippen LogP contribution in [-0.2, 0) is 9.59 Å². The lowest BCUT2D eigenvalue weighted by Crippen LogP contribution is -2.19. The van der Waals surface area contributed by atoms with Crippen molar-refractivity contribution in [3.05, 3.63) is 58.5 Å². The van der Waals surface area contributed by atoms with Crippen LogP contribution in [0.25, 0.3) is 6.08 Å². The standard InChI is InChI=1S/C20H16N2O7S/c23-12-3-6-15(14(10-12)19(27)28)21-20-22-18(26)16(30-20)9-11-1-4-13(5-2-11)29-8-7-17(24)25/h1-6,9-10,23H,7-8H2,(H,24,25)(H,27,28)(H,21,22,26)/b16-9-. The van der Waals surface area contributed by atoms with Gasteiger partial charge in [-0.15, -0.1) is 0 Å². The number of phenolic OH excluding ortho intramolecular Hbond substituents is 1. The zero-order valence-electron chi connectivity index (χ0n) is 15.4. The SMILES string of the molecule is O=C(O)CCOc1ccc(/C=C2\SC(=Nc3ccc(O)cc3C(=O)O)NC2=O)cc1. The summed E-state index contributed by atoms with van der Waals surface area (Å²) in [7, 11) is 0. The van der Waals surface area contributed by atoms with E-state index in [0.29, 0.717) is 10.7 Å². The van der Waals surface area contributed by atoms with Gasteiger partial charge in [0.05, 0.1) is 29.2 Å². The van der Waals surface area contributed by atoms with Gasteiger partial charge >= 0.3 is 11.9 Å². The smallest absolute Gasteiger partial charge is 0.338 e. The normalized spacial score (nSPS) is 15.9. The third kappa shape index (κ3) is 5.39. The van der Waals surface area contributed by atoms with E-state index in [4.69, 9.17) is 9.84 Å². The number of amidine groups is 1. The number of ether oxygens (including phenoxy) is 1. The molecule has 0 spiro atoms. The molecule has 0 aromatic heterocycles. The van der Waals surface area contributed by atoms with Crippen LogP contribution in [-0.4, -0.2) is 44.9 Å². The molecule has 2 aromatic carbocycles. The van der Waals surface area contributed by atoms with Crippen LogP contribution in [0.1, 0.15) is 22.3 Å². The van der Waals surface area contributed by atoms with E-state index in [0.717, 1.165) is 23.4 Å². The number of hydrogen-bond donors (Lipinski definition) is 4. The molecule has 1 fully saturated rings. The van der Waals surface area contributed by atoms with Crippen LogP contribution in [0.3, 0.4) is 0 Å². The maximum Gasteiger partial charge on any atom is 0.338 e. The Labute approximate surface area is 174 Å². The number of rotatable bonds is 7. The molecule has 0 saturated carbocycles. The first kappa shape index (κ1) is 20.9. The summed E-state index contributed by atoms with van der Waals surface area (Å²) < 4.78 is 5.31. The van der Waals surface area contributed by atoms with Crippen molar-refractivity contribution in [2.45, 2.75) is 6.42 Å². The number of carbonyl (C=O) groups excluding carboxylic acids is 1. The van der Waals surface area contributed by atoms with Gasteiger partial charge in [0.2, 0.25) is 0 Å². The molecule has 0 bridgehead atoms. The number of thioether (sulfide) groups is 1. The Bertz CT molecular complexity index is 1060. The molecule has 1 aliphatic heterocycles. The van der Waals surface area contributed by atoms with Crippen molar-refractivity contribution in [2.24, 2.45) is 4.99 Å². The summed E-state index contributed by atoms with van der Waals surface area (Å²) >= 11 is 1.05. The van der Waals surface area contributed by atoms with E-state index in [1.807, 2.05) is 0 Å². The first-order valence-electron chi connectivity index (χ1n) is 8.62. The molecule has 2 aromatic rings. The van der Waals surface area contributed by atoms with E-state index in [2.05, 4.69) is 10.3 Å². The first-order chi connectivity index (χ1) is 14.3. The van der Waals surface area contributed by atoms with Crippen molar-refractivity contribution in [1.82, 2.24) is 5.32 Å². The molecular formula is C20H16N2O7S. The monoisotopic (exact) mass is 428 g/mol. The highest BCUT2D eigenvalue weighted by atomic mass is 32.2. The van der Waals surface area contributed by atoms with E-state index < -0.39 is 11.9 Å². The fourth-order valence-electron chi connectivity index (χ4n) is 2.45. The maximum absolute atomic E-state index is 12.2. The predicted octanol–water partition coefficient (Wildman–Crippen LogP) is 2.84. The molecule has 1 saturated heterocycles. The van der Waals surface area contributed by atoms with Gasteiger partial charge in [-0.25, -0.2) is 9.79 Å². The van der Waals surface area contributed by atoms with E-state index in [-0.39, 0.29) is 41.1 Å². The summed E-state index contributed by atoms with van der Waals surface area (Å²) in [5, 5.41) is 30.1. The van der Waals surface area contributed by atoms with Gasteiger partial charge < -0.3 is 25.4 Å². The average molecular weight is 428 g/mol. The molecule has 0 atom stereocenters. The minimum Gasteiger partial charge on any atom is -0.508 e. The van der Waals surface area contributed by atoms with Gasteiger partial charge in [-0.3, -0.25) is 9.59 Å². The summed E-state index contributed by atoms with van der Waals surface area (Å²) in [4.78, 5) is 38.6. The van der Waals surface area contributed by atoms with E-state index in [1.54, 1.807) is 30.3 Å². The van der Waals surface area contributed by atoms with Crippen LogP contribution in [0.5, 0.6) is 11.5 Å². The van der Waals surface area contributed by atoms with Crippen molar-refractivity contribution in [1.29, 1.82) is 0 Å². The second kappa shape index (κ2) is 9.14. The van der Waals surface area contributed by atoms with Gasteiger partial charge in [-0.1, -0.05) is 12.1 Å². The van der Waals surface area contributed by atoms with Crippen LogP contribution in [0.15, 0.2) is 52.4 Å². The molecule has 30 heavy (non-hydrogen) atoms. The summed E-state index contributed by atoms with van der Waals surface area (Å²) in [5.74, 6) is -2.26. The largest absolute Gasteiger partial charge is 0.508 e. The molecule has 1 aliphatic rings. The lowest BCUT2D eigenvalue weighted by Gasteiger charge is -2.04. The third-order valence-electron chi connectivity index (χ3n) is 3.85.